The lowest BCUT2D eigenvalue weighted by molar-refractivity contribution is -0.157. The first-order chi connectivity index (χ1) is 10.6. The van der Waals surface area contributed by atoms with Crippen LogP contribution in [0.1, 0.15) is 19.3 Å². The number of methoxy groups -OCH3 is 2. The average molecular weight is 307 g/mol. The predicted molar refractivity (Wildman–Crippen MR) is 76.5 cm³/mol. The molecule has 0 unspecified atom stereocenters. The molecule has 1 amide bonds. The van der Waals surface area contributed by atoms with Gasteiger partial charge in [-0.25, -0.2) is 4.79 Å². The lowest BCUT2D eigenvalue weighted by Gasteiger charge is -2.31. The second kappa shape index (κ2) is 5.74. The molecule has 0 N–H and O–H groups in total. The van der Waals surface area contributed by atoms with Gasteiger partial charge in [0, 0.05) is 6.54 Å². The minimum absolute atomic E-state index is 0.0699. The first-order valence-electron chi connectivity index (χ1n) is 7.73. The van der Waals surface area contributed by atoms with Gasteiger partial charge >= 0.3 is 11.9 Å². The maximum Gasteiger partial charge on any atom is 0.328 e. The minimum atomic E-state index is -0.515. The van der Waals surface area contributed by atoms with E-state index in [1.54, 1.807) is 4.90 Å². The Hall–Kier alpha value is -1.85. The van der Waals surface area contributed by atoms with E-state index in [2.05, 4.69) is 0 Å². The van der Waals surface area contributed by atoms with Crippen molar-refractivity contribution in [1.82, 2.24) is 4.90 Å². The first-order valence-corrected chi connectivity index (χ1v) is 7.73. The zero-order chi connectivity index (χ0) is 15.9. The molecule has 22 heavy (non-hydrogen) atoms. The topological polar surface area (TPSA) is 72.9 Å². The molecule has 1 saturated carbocycles. The third-order valence-electron chi connectivity index (χ3n) is 5.23. The number of carbonyl (C=O) groups excluding carboxylic acids is 3. The van der Waals surface area contributed by atoms with Crippen LogP contribution in [-0.2, 0) is 23.9 Å². The normalized spacial score (nSPS) is 35.7. The van der Waals surface area contributed by atoms with E-state index in [4.69, 9.17) is 9.47 Å². The van der Waals surface area contributed by atoms with E-state index in [1.807, 2.05) is 12.2 Å². The largest absolute Gasteiger partial charge is 0.469 e. The Labute approximate surface area is 129 Å². The summed E-state index contributed by atoms with van der Waals surface area (Å²) in [5.41, 5.74) is 0. The fraction of sp³-hybridized carbons (Fsp3) is 0.688. The van der Waals surface area contributed by atoms with Gasteiger partial charge in [0.15, 0.2) is 0 Å². The maximum atomic E-state index is 13.0. The molecule has 120 valence electrons. The molecular weight excluding hydrogens is 286 g/mol. The van der Waals surface area contributed by atoms with Crippen molar-refractivity contribution in [2.24, 2.45) is 23.7 Å². The molecule has 0 aromatic carbocycles. The van der Waals surface area contributed by atoms with Crippen LogP contribution in [0.5, 0.6) is 0 Å². The fourth-order valence-corrected chi connectivity index (χ4v) is 4.22. The Morgan fingerprint density at radius 1 is 1.00 bits per heavy atom. The Balaban J connectivity index is 1.83. The van der Waals surface area contributed by atoms with Crippen LogP contribution in [0.4, 0.5) is 0 Å². The van der Waals surface area contributed by atoms with Gasteiger partial charge in [-0.15, -0.1) is 0 Å². The van der Waals surface area contributed by atoms with Gasteiger partial charge in [0.25, 0.3) is 0 Å². The summed E-state index contributed by atoms with van der Waals surface area (Å²) in [7, 11) is 2.69. The van der Waals surface area contributed by atoms with Crippen LogP contribution >= 0.6 is 0 Å². The van der Waals surface area contributed by atoms with Crippen LogP contribution in [0.2, 0.25) is 0 Å². The monoisotopic (exact) mass is 307 g/mol. The highest BCUT2D eigenvalue weighted by atomic mass is 16.5. The number of hydrogen-bond donors (Lipinski definition) is 0. The van der Waals surface area contributed by atoms with E-state index >= 15 is 0 Å². The molecule has 0 spiro atoms. The van der Waals surface area contributed by atoms with Crippen molar-refractivity contribution in [2.75, 3.05) is 20.8 Å². The molecule has 2 bridgehead atoms. The Kier molecular flexibility index (Phi) is 3.93. The van der Waals surface area contributed by atoms with Gasteiger partial charge in [-0.05, 0) is 31.1 Å². The van der Waals surface area contributed by atoms with Crippen LogP contribution in [-0.4, -0.2) is 49.6 Å². The van der Waals surface area contributed by atoms with Crippen molar-refractivity contribution in [2.45, 2.75) is 25.3 Å². The number of rotatable bonds is 3. The van der Waals surface area contributed by atoms with Crippen molar-refractivity contribution >= 4 is 17.8 Å². The third-order valence-corrected chi connectivity index (χ3v) is 5.23. The van der Waals surface area contributed by atoms with E-state index in [1.165, 1.54) is 14.2 Å². The predicted octanol–water partition coefficient (Wildman–Crippen LogP) is 0.762. The lowest BCUT2D eigenvalue weighted by Crippen LogP contribution is -2.47. The molecule has 0 aromatic rings. The summed E-state index contributed by atoms with van der Waals surface area (Å²) in [6, 6.07) is -0.515. The molecule has 0 radical (unpaired) electrons. The second-order valence-electron chi connectivity index (χ2n) is 6.24. The standard InChI is InChI=1S/C16H21NO5/c1-21-15(19)11-4-3-7-17(11)14(18)12-9-5-6-10(8-9)13(12)16(20)22-2/h5-6,9-13H,3-4,7-8H2,1-2H3/t9-,10+,11+,12-,13+/m1/s1. The van der Waals surface area contributed by atoms with Crippen molar-refractivity contribution in [3.8, 4) is 0 Å². The average Bonchev–Trinajstić information content (AvgIpc) is 3.26. The molecule has 2 fully saturated rings. The van der Waals surface area contributed by atoms with E-state index < -0.39 is 17.9 Å². The summed E-state index contributed by atoms with van der Waals surface area (Å²) in [4.78, 5) is 38.5. The highest BCUT2D eigenvalue weighted by molar-refractivity contribution is 5.91. The second-order valence-corrected chi connectivity index (χ2v) is 6.24. The summed E-state index contributed by atoms with van der Waals surface area (Å²) in [5.74, 6) is -1.51. The number of esters is 2. The zero-order valence-corrected chi connectivity index (χ0v) is 12.9. The zero-order valence-electron chi connectivity index (χ0n) is 12.9. The third kappa shape index (κ3) is 2.21. The molecule has 0 aromatic heterocycles. The number of hydrogen-bond acceptors (Lipinski definition) is 5. The van der Waals surface area contributed by atoms with Gasteiger partial charge in [0.05, 0.1) is 26.1 Å². The van der Waals surface area contributed by atoms with Crippen LogP contribution in [0.3, 0.4) is 0 Å². The number of ether oxygens (including phenoxy) is 2. The Morgan fingerprint density at radius 3 is 2.27 bits per heavy atom. The van der Waals surface area contributed by atoms with E-state index in [0.29, 0.717) is 13.0 Å². The molecule has 6 nitrogen and oxygen atoms in total. The first kappa shape index (κ1) is 15.1. The van der Waals surface area contributed by atoms with Gasteiger partial charge in [-0.2, -0.15) is 0 Å². The van der Waals surface area contributed by atoms with Crippen LogP contribution < -0.4 is 0 Å². The summed E-state index contributed by atoms with van der Waals surface area (Å²) in [6.07, 6.45) is 6.25. The van der Waals surface area contributed by atoms with E-state index in [0.717, 1.165) is 12.8 Å². The molecule has 5 atom stereocenters. The molecule has 6 heteroatoms. The van der Waals surface area contributed by atoms with Gasteiger partial charge in [0.2, 0.25) is 5.91 Å². The smallest absolute Gasteiger partial charge is 0.328 e. The Morgan fingerprint density at radius 2 is 1.64 bits per heavy atom. The quantitative estimate of drug-likeness (QED) is 0.568. The highest BCUT2D eigenvalue weighted by Crippen LogP contribution is 2.49. The molecule has 2 aliphatic carbocycles. The van der Waals surface area contributed by atoms with Crippen LogP contribution in [0.15, 0.2) is 12.2 Å². The van der Waals surface area contributed by atoms with Gasteiger partial charge in [-0.3, -0.25) is 9.59 Å². The van der Waals surface area contributed by atoms with Gasteiger partial charge < -0.3 is 14.4 Å². The molecular formula is C16H21NO5. The molecule has 1 heterocycles. The van der Waals surface area contributed by atoms with Crippen LogP contribution in [0.25, 0.3) is 0 Å². The fourth-order valence-electron chi connectivity index (χ4n) is 4.22. The summed E-state index contributed by atoms with van der Waals surface area (Å²) >= 11 is 0. The number of carbonyl (C=O) groups is 3. The highest BCUT2D eigenvalue weighted by Gasteiger charge is 2.54. The molecule has 3 rings (SSSR count). The number of amides is 1. The number of likely N-dealkylation sites (tertiary alicyclic amines) is 1. The van der Waals surface area contributed by atoms with Crippen molar-refractivity contribution in [3.05, 3.63) is 12.2 Å². The van der Waals surface area contributed by atoms with E-state index in [-0.39, 0.29) is 29.7 Å². The van der Waals surface area contributed by atoms with E-state index in [9.17, 15) is 14.4 Å². The SMILES string of the molecule is COC(=O)[C@@H]1[C@H](C(=O)N2CCC[C@H]2C(=O)OC)[C@@H]2C=C[C@H]1C2. The minimum Gasteiger partial charge on any atom is -0.469 e. The van der Waals surface area contributed by atoms with Crippen molar-refractivity contribution in [3.63, 3.8) is 0 Å². The molecule has 1 aliphatic heterocycles. The summed E-state index contributed by atoms with van der Waals surface area (Å²) in [5, 5.41) is 0. The maximum absolute atomic E-state index is 13.0. The van der Waals surface area contributed by atoms with Gasteiger partial charge in [-0.1, -0.05) is 12.2 Å². The molecule has 3 aliphatic rings. The van der Waals surface area contributed by atoms with Crippen LogP contribution in [0, 0.1) is 23.7 Å². The summed E-state index contributed by atoms with van der Waals surface area (Å²) < 4.78 is 9.69. The number of fused-ring (bicyclic) bond motifs is 2. The van der Waals surface area contributed by atoms with Crippen molar-refractivity contribution in [1.29, 1.82) is 0 Å². The summed E-state index contributed by atoms with van der Waals surface area (Å²) in [6.45, 7) is 0.546. The molecule has 1 saturated heterocycles. The number of nitrogens with zero attached hydrogens (tertiary/aromatic N) is 1. The lowest BCUT2D eigenvalue weighted by atomic mass is 9.82. The number of allylic oxidation sites excluding steroid dienone is 2. The van der Waals surface area contributed by atoms with Crippen molar-refractivity contribution < 1.29 is 23.9 Å². The van der Waals surface area contributed by atoms with Gasteiger partial charge in [0.1, 0.15) is 6.04 Å². The Bertz CT molecular complexity index is 529.